The Hall–Kier alpha value is -3.27. The van der Waals surface area contributed by atoms with Gasteiger partial charge in [-0.25, -0.2) is 0 Å². The zero-order valence-electron chi connectivity index (χ0n) is 13.1. The molecule has 0 spiro atoms. The van der Waals surface area contributed by atoms with Crippen molar-refractivity contribution in [2.45, 2.75) is 6.92 Å². The van der Waals surface area contributed by atoms with E-state index in [9.17, 15) is 9.90 Å². The van der Waals surface area contributed by atoms with Crippen LogP contribution >= 0.6 is 0 Å². The first-order valence-corrected chi connectivity index (χ1v) is 7.64. The van der Waals surface area contributed by atoms with Gasteiger partial charge in [0, 0.05) is 29.7 Å². The van der Waals surface area contributed by atoms with E-state index in [0.717, 1.165) is 11.3 Å². The minimum absolute atomic E-state index is 0.0769. The lowest BCUT2D eigenvalue weighted by atomic mass is 10.1. The Morgan fingerprint density at radius 3 is 2.62 bits per heavy atom. The van der Waals surface area contributed by atoms with Crippen molar-refractivity contribution in [2.24, 2.45) is 0 Å². The molecule has 0 radical (unpaired) electrons. The third-order valence-electron chi connectivity index (χ3n) is 4.09. The van der Waals surface area contributed by atoms with Crippen molar-refractivity contribution in [1.29, 1.82) is 0 Å². The fourth-order valence-electron chi connectivity index (χ4n) is 2.93. The Kier molecular flexibility index (Phi) is 3.24. The molecule has 24 heavy (non-hydrogen) atoms. The van der Waals surface area contributed by atoms with Crippen molar-refractivity contribution in [3.63, 3.8) is 0 Å². The van der Waals surface area contributed by atoms with Gasteiger partial charge >= 0.3 is 0 Å². The molecule has 0 atom stereocenters. The molecule has 2 heterocycles. The second kappa shape index (κ2) is 5.42. The minimum atomic E-state index is -0.0976. The van der Waals surface area contributed by atoms with Gasteiger partial charge in [0.1, 0.15) is 17.1 Å². The van der Waals surface area contributed by atoms with E-state index in [0.29, 0.717) is 22.3 Å². The van der Waals surface area contributed by atoms with Crippen molar-refractivity contribution in [3.05, 3.63) is 83.0 Å². The zero-order chi connectivity index (χ0) is 16.7. The highest BCUT2D eigenvalue weighted by molar-refractivity contribution is 5.83. The zero-order valence-corrected chi connectivity index (χ0v) is 13.1. The first-order valence-electron chi connectivity index (χ1n) is 7.64. The van der Waals surface area contributed by atoms with Gasteiger partial charge in [-0.3, -0.25) is 4.79 Å². The molecule has 0 saturated carbocycles. The molecule has 0 saturated heterocycles. The molecule has 4 heteroatoms. The van der Waals surface area contributed by atoms with E-state index in [4.69, 9.17) is 4.42 Å². The van der Waals surface area contributed by atoms with Crippen LogP contribution in [0.25, 0.3) is 27.8 Å². The smallest absolute Gasteiger partial charge is 0.200 e. The lowest BCUT2D eigenvalue weighted by Gasteiger charge is -2.06. The van der Waals surface area contributed by atoms with Crippen LogP contribution in [0.3, 0.4) is 0 Å². The molecule has 0 aliphatic heterocycles. The van der Waals surface area contributed by atoms with Crippen LogP contribution in [0.15, 0.2) is 76.2 Å². The molecule has 0 aliphatic rings. The number of nitrogens with zero attached hydrogens (tertiary/aromatic N) is 1. The minimum Gasteiger partial charge on any atom is -0.508 e. The standard InChI is InChI=1S/C20H15NO3/c1-13-19(20(23)17-8-7-16(22)11-18(17)24-13)14-9-10-21(12-14)15-5-3-2-4-6-15/h2-12,22H,1H3. The molecule has 118 valence electrons. The molecule has 2 aromatic heterocycles. The Morgan fingerprint density at radius 2 is 1.83 bits per heavy atom. The molecule has 4 nitrogen and oxygen atoms in total. The number of aryl methyl sites for hydroxylation is 1. The van der Waals surface area contributed by atoms with E-state index in [1.54, 1.807) is 13.0 Å². The van der Waals surface area contributed by atoms with E-state index in [-0.39, 0.29) is 11.2 Å². The van der Waals surface area contributed by atoms with Crippen LogP contribution in [-0.2, 0) is 0 Å². The summed E-state index contributed by atoms with van der Waals surface area (Å²) < 4.78 is 7.72. The number of benzene rings is 2. The van der Waals surface area contributed by atoms with Crippen LogP contribution in [-0.4, -0.2) is 9.67 Å². The molecule has 0 fully saturated rings. The summed E-state index contributed by atoms with van der Waals surface area (Å²) >= 11 is 0. The van der Waals surface area contributed by atoms with E-state index >= 15 is 0 Å². The summed E-state index contributed by atoms with van der Waals surface area (Å²) in [5, 5.41) is 10.0. The van der Waals surface area contributed by atoms with Gasteiger partial charge in [-0.05, 0) is 37.3 Å². The molecule has 1 N–H and O–H groups in total. The molecule has 4 aromatic rings. The van der Waals surface area contributed by atoms with Gasteiger partial charge in [0.25, 0.3) is 0 Å². The number of phenolic OH excluding ortho intramolecular Hbond substituents is 1. The van der Waals surface area contributed by atoms with Gasteiger partial charge in [-0.2, -0.15) is 0 Å². The highest BCUT2D eigenvalue weighted by atomic mass is 16.3. The second-order valence-electron chi connectivity index (χ2n) is 5.69. The normalized spacial score (nSPS) is 11.0. The summed E-state index contributed by atoms with van der Waals surface area (Å²) in [6.45, 7) is 1.76. The molecule has 2 aromatic carbocycles. The largest absolute Gasteiger partial charge is 0.508 e. The molecular weight excluding hydrogens is 302 g/mol. The topological polar surface area (TPSA) is 55.4 Å². The molecule has 0 amide bonds. The Morgan fingerprint density at radius 1 is 1.04 bits per heavy atom. The Balaban J connectivity index is 1.90. The van der Waals surface area contributed by atoms with Crippen molar-refractivity contribution >= 4 is 11.0 Å². The number of para-hydroxylation sites is 1. The van der Waals surface area contributed by atoms with Crippen LogP contribution in [0.1, 0.15) is 5.76 Å². The molecule has 0 unspecified atom stereocenters. The van der Waals surface area contributed by atoms with Gasteiger partial charge in [-0.1, -0.05) is 18.2 Å². The summed E-state index contributed by atoms with van der Waals surface area (Å²) in [7, 11) is 0. The lowest BCUT2D eigenvalue weighted by molar-refractivity contribution is 0.473. The second-order valence-corrected chi connectivity index (χ2v) is 5.69. The summed E-state index contributed by atoms with van der Waals surface area (Å²) in [4.78, 5) is 12.9. The van der Waals surface area contributed by atoms with Crippen molar-refractivity contribution in [3.8, 4) is 22.6 Å². The fraction of sp³-hybridized carbons (Fsp3) is 0.0500. The average Bonchev–Trinajstić information content (AvgIpc) is 3.05. The van der Waals surface area contributed by atoms with Crippen LogP contribution in [0.2, 0.25) is 0 Å². The number of aromatic nitrogens is 1. The number of fused-ring (bicyclic) bond motifs is 1. The van der Waals surface area contributed by atoms with Crippen molar-refractivity contribution in [2.75, 3.05) is 0 Å². The van der Waals surface area contributed by atoms with Crippen LogP contribution in [0, 0.1) is 6.92 Å². The monoisotopic (exact) mass is 317 g/mol. The molecule has 0 aliphatic carbocycles. The first-order chi connectivity index (χ1) is 11.6. The van der Waals surface area contributed by atoms with Crippen LogP contribution < -0.4 is 5.43 Å². The predicted molar refractivity (Wildman–Crippen MR) is 93.6 cm³/mol. The predicted octanol–water partition coefficient (Wildman–Crippen LogP) is 4.26. The van der Waals surface area contributed by atoms with E-state index in [2.05, 4.69) is 0 Å². The van der Waals surface area contributed by atoms with E-state index in [1.165, 1.54) is 12.1 Å². The van der Waals surface area contributed by atoms with Gasteiger partial charge in [-0.15, -0.1) is 0 Å². The third-order valence-corrected chi connectivity index (χ3v) is 4.09. The molecule has 4 rings (SSSR count). The first kappa shape index (κ1) is 14.3. The number of hydrogen-bond acceptors (Lipinski definition) is 3. The maximum atomic E-state index is 12.9. The number of hydrogen-bond donors (Lipinski definition) is 1. The van der Waals surface area contributed by atoms with Crippen molar-refractivity contribution < 1.29 is 9.52 Å². The van der Waals surface area contributed by atoms with Gasteiger partial charge < -0.3 is 14.1 Å². The van der Waals surface area contributed by atoms with Gasteiger partial charge in [0.05, 0.1) is 10.9 Å². The average molecular weight is 317 g/mol. The quantitative estimate of drug-likeness (QED) is 0.601. The fourth-order valence-corrected chi connectivity index (χ4v) is 2.93. The van der Waals surface area contributed by atoms with Crippen LogP contribution in [0.4, 0.5) is 0 Å². The lowest BCUT2D eigenvalue weighted by Crippen LogP contribution is -2.07. The SMILES string of the molecule is Cc1oc2cc(O)ccc2c(=O)c1-c1ccn(-c2ccccc2)c1. The number of rotatable bonds is 2. The third kappa shape index (κ3) is 2.29. The highest BCUT2D eigenvalue weighted by Crippen LogP contribution is 2.27. The van der Waals surface area contributed by atoms with Gasteiger partial charge in [0.2, 0.25) is 5.43 Å². The number of aromatic hydroxyl groups is 1. The summed E-state index contributed by atoms with van der Waals surface area (Å²) in [6, 6.07) is 16.4. The Bertz CT molecular complexity index is 1090. The maximum Gasteiger partial charge on any atom is 0.200 e. The Labute approximate surface area is 138 Å². The maximum absolute atomic E-state index is 12.9. The number of phenols is 1. The molecule has 0 bridgehead atoms. The summed E-state index contributed by atoms with van der Waals surface area (Å²) in [6.07, 6.45) is 3.84. The molecular formula is C20H15NO3. The van der Waals surface area contributed by atoms with E-state index < -0.39 is 0 Å². The van der Waals surface area contributed by atoms with Crippen LogP contribution in [0.5, 0.6) is 5.75 Å². The van der Waals surface area contributed by atoms with Gasteiger partial charge in [0.15, 0.2) is 0 Å². The van der Waals surface area contributed by atoms with Crippen molar-refractivity contribution in [1.82, 2.24) is 4.57 Å². The highest BCUT2D eigenvalue weighted by Gasteiger charge is 2.15. The van der Waals surface area contributed by atoms with E-state index in [1.807, 2.05) is 53.4 Å². The summed E-state index contributed by atoms with van der Waals surface area (Å²) in [5.74, 6) is 0.608. The summed E-state index contributed by atoms with van der Waals surface area (Å²) in [5.41, 5.74) is 2.67.